The molecule has 0 bridgehead atoms. The van der Waals surface area contributed by atoms with Crippen LogP contribution in [-0.4, -0.2) is 54.4 Å². The third-order valence-electron chi connectivity index (χ3n) is 3.66. The van der Waals surface area contributed by atoms with Crippen molar-refractivity contribution in [2.24, 2.45) is 11.8 Å². The van der Waals surface area contributed by atoms with Crippen LogP contribution in [-0.2, 0) is 9.53 Å². The summed E-state index contributed by atoms with van der Waals surface area (Å²) in [5, 5.41) is 11.7. The Morgan fingerprint density at radius 3 is 2.70 bits per heavy atom. The molecular formula is C14H26N2O4. The number of carboxylic acids is 1. The molecule has 1 fully saturated rings. The van der Waals surface area contributed by atoms with E-state index in [0.29, 0.717) is 12.5 Å². The van der Waals surface area contributed by atoms with E-state index in [-0.39, 0.29) is 18.2 Å². The monoisotopic (exact) mass is 286 g/mol. The van der Waals surface area contributed by atoms with Crippen LogP contribution in [0.5, 0.6) is 0 Å². The van der Waals surface area contributed by atoms with E-state index in [9.17, 15) is 9.59 Å². The van der Waals surface area contributed by atoms with Crippen molar-refractivity contribution < 1.29 is 19.4 Å². The Balaban J connectivity index is 2.33. The van der Waals surface area contributed by atoms with Gasteiger partial charge in [-0.25, -0.2) is 4.79 Å². The summed E-state index contributed by atoms with van der Waals surface area (Å²) in [5.41, 5.74) is -0.128. The number of ether oxygens (including phenoxy) is 1. The summed E-state index contributed by atoms with van der Waals surface area (Å²) in [6, 6.07) is -0.220. The first-order valence-electron chi connectivity index (χ1n) is 7.07. The van der Waals surface area contributed by atoms with Crippen molar-refractivity contribution in [3.05, 3.63) is 0 Å². The van der Waals surface area contributed by atoms with Crippen molar-refractivity contribution >= 4 is 12.0 Å². The molecule has 2 unspecified atom stereocenters. The number of nitrogens with zero attached hydrogens (tertiary/aromatic N) is 1. The molecule has 20 heavy (non-hydrogen) atoms. The van der Waals surface area contributed by atoms with Gasteiger partial charge in [-0.15, -0.1) is 0 Å². The third kappa shape index (κ3) is 5.36. The van der Waals surface area contributed by atoms with E-state index >= 15 is 0 Å². The normalized spacial score (nSPS) is 22.9. The van der Waals surface area contributed by atoms with Gasteiger partial charge >= 0.3 is 12.0 Å². The highest BCUT2D eigenvalue weighted by atomic mass is 16.5. The fourth-order valence-corrected chi connectivity index (χ4v) is 2.47. The Morgan fingerprint density at radius 2 is 2.15 bits per heavy atom. The number of hydrogen-bond donors (Lipinski definition) is 2. The zero-order chi connectivity index (χ0) is 15.3. The number of rotatable bonds is 5. The Bertz CT molecular complexity index is 357. The van der Waals surface area contributed by atoms with Gasteiger partial charge in [0.05, 0.1) is 11.5 Å². The molecule has 0 spiro atoms. The van der Waals surface area contributed by atoms with E-state index in [2.05, 4.69) is 19.2 Å². The number of amides is 2. The molecule has 2 amide bonds. The minimum absolute atomic E-state index is 0.128. The minimum atomic E-state index is -0.893. The van der Waals surface area contributed by atoms with E-state index in [1.807, 2.05) is 0 Å². The van der Waals surface area contributed by atoms with Gasteiger partial charge in [0.2, 0.25) is 0 Å². The van der Waals surface area contributed by atoms with Gasteiger partial charge in [0.15, 0.2) is 0 Å². The highest BCUT2D eigenvalue weighted by Gasteiger charge is 2.29. The highest BCUT2D eigenvalue weighted by Crippen LogP contribution is 2.27. The summed E-state index contributed by atoms with van der Waals surface area (Å²) in [6.07, 6.45) is 1.86. The Hall–Kier alpha value is -1.30. The van der Waals surface area contributed by atoms with Crippen LogP contribution in [0.4, 0.5) is 4.79 Å². The van der Waals surface area contributed by atoms with Crippen LogP contribution in [0.25, 0.3) is 0 Å². The smallest absolute Gasteiger partial charge is 0.317 e. The van der Waals surface area contributed by atoms with Crippen molar-refractivity contribution in [3.63, 3.8) is 0 Å². The minimum Gasteiger partial charge on any atom is -0.481 e. The maximum atomic E-state index is 11.9. The number of carboxylic acid groups (broad SMARTS) is 1. The second kappa shape index (κ2) is 6.92. The van der Waals surface area contributed by atoms with Crippen molar-refractivity contribution in [3.8, 4) is 0 Å². The first-order chi connectivity index (χ1) is 9.21. The number of hydrogen-bond acceptors (Lipinski definition) is 3. The van der Waals surface area contributed by atoms with E-state index < -0.39 is 11.9 Å². The van der Waals surface area contributed by atoms with E-state index in [1.54, 1.807) is 14.0 Å². The maximum Gasteiger partial charge on any atom is 0.317 e. The topological polar surface area (TPSA) is 78.9 Å². The zero-order valence-corrected chi connectivity index (χ0v) is 12.8. The molecule has 1 heterocycles. The molecule has 1 aliphatic rings. The number of urea groups is 1. The summed E-state index contributed by atoms with van der Waals surface area (Å²) >= 11 is 0. The van der Waals surface area contributed by atoms with Gasteiger partial charge in [0.1, 0.15) is 0 Å². The largest absolute Gasteiger partial charge is 0.481 e. The van der Waals surface area contributed by atoms with Crippen LogP contribution < -0.4 is 5.32 Å². The summed E-state index contributed by atoms with van der Waals surface area (Å²) in [4.78, 5) is 24.1. The summed E-state index contributed by atoms with van der Waals surface area (Å²) < 4.78 is 5.64. The fraction of sp³-hybridized carbons (Fsp3) is 0.857. The third-order valence-corrected chi connectivity index (χ3v) is 3.66. The fourth-order valence-electron chi connectivity index (χ4n) is 2.47. The van der Waals surface area contributed by atoms with E-state index in [1.165, 1.54) is 4.90 Å². The molecule has 6 nitrogen and oxygen atoms in total. The zero-order valence-electron chi connectivity index (χ0n) is 12.8. The molecule has 0 aromatic rings. The number of carbonyl (C=O) groups is 2. The second-order valence-corrected chi connectivity index (χ2v) is 6.27. The standard InChI is InChI=1S/C14H26N2O4/c1-10(12(17)18)9-16(4)13(19)15-8-11-5-6-20-14(2,3)7-11/h10-11H,5-9H2,1-4H3,(H,15,19)(H,17,18). The summed E-state index contributed by atoms with van der Waals surface area (Å²) in [5.74, 6) is -1.04. The predicted octanol–water partition coefficient (Wildman–Crippen LogP) is 1.55. The predicted molar refractivity (Wildman–Crippen MR) is 75.6 cm³/mol. The van der Waals surface area contributed by atoms with Crippen molar-refractivity contribution in [2.45, 2.75) is 39.2 Å². The summed E-state index contributed by atoms with van der Waals surface area (Å²) in [6.45, 7) is 7.24. The molecule has 116 valence electrons. The average Bonchev–Trinajstić information content (AvgIpc) is 2.34. The lowest BCUT2D eigenvalue weighted by Crippen LogP contribution is -2.44. The lowest BCUT2D eigenvalue weighted by atomic mass is 9.88. The number of nitrogens with one attached hydrogen (secondary N) is 1. The second-order valence-electron chi connectivity index (χ2n) is 6.27. The SMILES string of the molecule is CC(CN(C)C(=O)NCC1CCOC(C)(C)C1)C(=O)O. The van der Waals surface area contributed by atoms with Gasteiger partial charge < -0.3 is 20.1 Å². The van der Waals surface area contributed by atoms with Gasteiger partial charge in [-0.1, -0.05) is 6.92 Å². The van der Waals surface area contributed by atoms with Gasteiger partial charge in [-0.05, 0) is 32.6 Å². The molecule has 2 atom stereocenters. The summed E-state index contributed by atoms with van der Waals surface area (Å²) in [7, 11) is 1.61. The average molecular weight is 286 g/mol. The first kappa shape index (κ1) is 16.8. The van der Waals surface area contributed by atoms with Crippen molar-refractivity contribution in [1.29, 1.82) is 0 Å². The highest BCUT2D eigenvalue weighted by molar-refractivity contribution is 5.75. The Morgan fingerprint density at radius 1 is 1.50 bits per heavy atom. The molecule has 1 saturated heterocycles. The van der Waals surface area contributed by atoms with Crippen LogP contribution in [0, 0.1) is 11.8 Å². The maximum absolute atomic E-state index is 11.9. The number of carbonyl (C=O) groups excluding carboxylic acids is 1. The molecule has 1 rings (SSSR count). The van der Waals surface area contributed by atoms with Crippen LogP contribution in [0.2, 0.25) is 0 Å². The van der Waals surface area contributed by atoms with Crippen molar-refractivity contribution in [1.82, 2.24) is 10.2 Å². The molecule has 2 N–H and O–H groups in total. The molecule has 0 radical (unpaired) electrons. The van der Waals surface area contributed by atoms with Gasteiger partial charge in [0.25, 0.3) is 0 Å². The molecule has 1 aliphatic heterocycles. The number of aliphatic carboxylic acids is 1. The Kier molecular flexibility index (Phi) is 5.80. The van der Waals surface area contributed by atoms with Crippen LogP contribution in [0.3, 0.4) is 0 Å². The van der Waals surface area contributed by atoms with E-state index in [4.69, 9.17) is 9.84 Å². The lowest BCUT2D eigenvalue weighted by molar-refractivity contribution is -0.141. The van der Waals surface area contributed by atoms with Crippen molar-refractivity contribution in [2.75, 3.05) is 26.7 Å². The molecular weight excluding hydrogens is 260 g/mol. The van der Waals surface area contributed by atoms with Crippen LogP contribution in [0.1, 0.15) is 33.6 Å². The van der Waals surface area contributed by atoms with E-state index in [0.717, 1.165) is 19.4 Å². The Labute approximate surface area is 120 Å². The molecule has 0 aliphatic carbocycles. The van der Waals surface area contributed by atoms with Crippen LogP contribution in [0.15, 0.2) is 0 Å². The molecule has 0 aromatic heterocycles. The molecule has 6 heteroatoms. The molecule has 0 aromatic carbocycles. The lowest BCUT2D eigenvalue weighted by Gasteiger charge is -2.35. The molecule has 0 saturated carbocycles. The quantitative estimate of drug-likeness (QED) is 0.804. The van der Waals surface area contributed by atoms with Gasteiger partial charge in [0, 0.05) is 26.7 Å². The van der Waals surface area contributed by atoms with Gasteiger partial charge in [-0.3, -0.25) is 4.79 Å². The van der Waals surface area contributed by atoms with Gasteiger partial charge in [-0.2, -0.15) is 0 Å². The van der Waals surface area contributed by atoms with Crippen LogP contribution >= 0.6 is 0 Å². The first-order valence-corrected chi connectivity index (χ1v) is 7.07.